The Hall–Kier alpha value is -1.00. The Balaban J connectivity index is 2.68. The maximum atomic E-state index is 12.0. The van der Waals surface area contributed by atoms with Crippen molar-refractivity contribution in [3.05, 3.63) is 17.0 Å². The van der Waals surface area contributed by atoms with Crippen molar-refractivity contribution in [1.82, 2.24) is 4.72 Å². The minimum absolute atomic E-state index is 0.0822. The second kappa shape index (κ2) is 7.70. The lowest BCUT2D eigenvalue weighted by Gasteiger charge is -2.14. The average molecular weight is 323 g/mol. The summed E-state index contributed by atoms with van der Waals surface area (Å²) in [4.78, 5) is 11.0. The molecule has 1 rings (SSSR count). The zero-order valence-electron chi connectivity index (χ0n) is 11.2. The molecule has 0 bridgehead atoms. The molecular weight excluding hydrogens is 306 g/mol. The Kier molecular flexibility index (Phi) is 6.56. The van der Waals surface area contributed by atoms with Crippen LogP contribution in [0.1, 0.15) is 4.88 Å². The molecule has 0 aliphatic heterocycles. The number of methoxy groups -OCH3 is 2. The summed E-state index contributed by atoms with van der Waals surface area (Å²) in [6.45, 7) is 0.354. The van der Waals surface area contributed by atoms with Crippen molar-refractivity contribution in [2.24, 2.45) is 0 Å². The molecule has 0 aliphatic rings. The number of hydrogen-bond donors (Lipinski definition) is 2. The number of nitrogens with one attached hydrogen (secondary N) is 1. The van der Waals surface area contributed by atoms with Crippen molar-refractivity contribution in [2.75, 3.05) is 27.4 Å². The predicted molar refractivity (Wildman–Crippen MR) is 73.5 cm³/mol. The first-order valence-corrected chi connectivity index (χ1v) is 8.01. The summed E-state index contributed by atoms with van der Waals surface area (Å²) >= 11 is 0.937. The van der Waals surface area contributed by atoms with Gasteiger partial charge in [0.15, 0.2) is 0 Å². The average Bonchev–Trinajstić information content (AvgIpc) is 2.82. The lowest BCUT2D eigenvalue weighted by atomic mass is 10.3. The molecule has 20 heavy (non-hydrogen) atoms. The Bertz CT molecular complexity index is 539. The molecule has 1 atom stereocenters. The molecule has 0 radical (unpaired) electrons. The molecule has 114 valence electrons. The van der Waals surface area contributed by atoms with E-state index in [1.807, 2.05) is 0 Å². The van der Waals surface area contributed by atoms with Crippen molar-refractivity contribution in [1.29, 1.82) is 0 Å². The van der Waals surface area contributed by atoms with Crippen LogP contribution in [0.25, 0.3) is 0 Å². The molecule has 0 amide bonds. The molecule has 1 heterocycles. The molecule has 1 aromatic heterocycles. The molecule has 0 aromatic carbocycles. The number of hydrogen-bond acceptors (Lipinski definition) is 6. The van der Waals surface area contributed by atoms with E-state index >= 15 is 0 Å². The number of carboxylic acids is 1. The molecule has 7 nitrogen and oxygen atoms in total. The van der Waals surface area contributed by atoms with Crippen molar-refractivity contribution in [2.45, 2.75) is 16.7 Å². The molecule has 9 heteroatoms. The quantitative estimate of drug-likeness (QED) is 0.678. The van der Waals surface area contributed by atoms with Gasteiger partial charge in [-0.3, -0.25) is 4.79 Å². The van der Waals surface area contributed by atoms with Gasteiger partial charge in [0.1, 0.15) is 4.21 Å². The molecule has 0 saturated carbocycles. The van der Waals surface area contributed by atoms with E-state index in [0.717, 1.165) is 11.3 Å². The number of rotatable bonds is 9. The van der Waals surface area contributed by atoms with Gasteiger partial charge < -0.3 is 14.6 Å². The van der Waals surface area contributed by atoms with Gasteiger partial charge in [-0.1, -0.05) is 0 Å². The van der Waals surface area contributed by atoms with Crippen LogP contribution < -0.4 is 4.72 Å². The molecule has 0 aliphatic carbocycles. The third kappa shape index (κ3) is 5.17. The maximum Gasteiger partial charge on any atom is 0.308 e. The predicted octanol–water partition coefficient (Wildman–Crippen LogP) is 0.315. The van der Waals surface area contributed by atoms with Crippen molar-refractivity contribution >= 4 is 27.3 Å². The number of ether oxygens (including phenoxy) is 2. The molecule has 0 saturated heterocycles. The van der Waals surface area contributed by atoms with Gasteiger partial charge in [-0.15, -0.1) is 11.3 Å². The first-order valence-electron chi connectivity index (χ1n) is 5.71. The SMILES string of the molecule is COCC(CNS(=O)(=O)c1ccc(CC(=O)O)s1)OC. The third-order valence-electron chi connectivity index (χ3n) is 2.41. The second-order valence-corrected chi connectivity index (χ2v) is 7.12. The van der Waals surface area contributed by atoms with Crippen LogP contribution in [-0.4, -0.2) is 53.0 Å². The van der Waals surface area contributed by atoms with Crippen LogP contribution in [-0.2, 0) is 30.7 Å². The van der Waals surface area contributed by atoms with Crippen LogP contribution in [0, 0.1) is 0 Å². The van der Waals surface area contributed by atoms with Crippen molar-refractivity contribution in [3.63, 3.8) is 0 Å². The summed E-state index contributed by atoms with van der Waals surface area (Å²) < 4.78 is 36.5. The molecule has 0 spiro atoms. The summed E-state index contributed by atoms with van der Waals surface area (Å²) in [5.41, 5.74) is 0. The Labute approximate surface area is 121 Å². The lowest BCUT2D eigenvalue weighted by molar-refractivity contribution is -0.136. The van der Waals surface area contributed by atoms with Crippen LogP contribution in [0.4, 0.5) is 0 Å². The fourth-order valence-corrected chi connectivity index (χ4v) is 3.87. The highest BCUT2D eigenvalue weighted by Gasteiger charge is 2.19. The summed E-state index contributed by atoms with van der Waals surface area (Å²) in [7, 11) is -0.694. The molecule has 2 N–H and O–H groups in total. The fourth-order valence-electron chi connectivity index (χ4n) is 1.42. The minimum atomic E-state index is -3.66. The van der Waals surface area contributed by atoms with E-state index in [0.29, 0.717) is 4.88 Å². The van der Waals surface area contributed by atoms with Crippen molar-refractivity contribution in [3.8, 4) is 0 Å². The lowest BCUT2D eigenvalue weighted by Crippen LogP contribution is -2.35. The summed E-state index contributed by atoms with van der Waals surface area (Å²) in [5, 5.41) is 8.66. The van der Waals surface area contributed by atoms with E-state index < -0.39 is 16.0 Å². The Morgan fingerprint density at radius 3 is 2.70 bits per heavy atom. The van der Waals surface area contributed by atoms with Crippen LogP contribution in [0.3, 0.4) is 0 Å². The molecule has 1 aromatic rings. The smallest absolute Gasteiger partial charge is 0.308 e. The number of aliphatic carboxylic acids is 1. The van der Waals surface area contributed by atoms with E-state index in [-0.39, 0.29) is 29.9 Å². The third-order valence-corrected chi connectivity index (χ3v) is 5.41. The van der Waals surface area contributed by atoms with E-state index in [9.17, 15) is 13.2 Å². The zero-order valence-corrected chi connectivity index (χ0v) is 12.8. The second-order valence-electron chi connectivity index (χ2n) is 3.96. The van der Waals surface area contributed by atoms with Gasteiger partial charge in [-0.25, -0.2) is 13.1 Å². The monoisotopic (exact) mass is 323 g/mol. The Morgan fingerprint density at radius 1 is 1.45 bits per heavy atom. The maximum absolute atomic E-state index is 12.0. The van der Waals surface area contributed by atoms with Crippen LogP contribution in [0.15, 0.2) is 16.3 Å². The van der Waals surface area contributed by atoms with E-state index in [1.54, 1.807) is 0 Å². The van der Waals surface area contributed by atoms with Crippen LogP contribution in [0.5, 0.6) is 0 Å². The number of thiophene rings is 1. The van der Waals surface area contributed by atoms with Crippen LogP contribution in [0.2, 0.25) is 0 Å². The molecular formula is C11H17NO6S2. The zero-order chi connectivity index (χ0) is 15.2. The van der Waals surface area contributed by atoms with Gasteiger partial charge in [-0.2, -0.15) is 0 Å². The highest BCUT2D eigenvalue weighted by Crippen LogP contribution is 2.21. The number of carboxylic acid groups (broad SMARTS) is 1. The van der Waals surface area contributed by atoms with Gasteiger partial charge >= 0.3 is 5.97 Å². The molecule has 1 unspecified atom stereocenters. The normalized spacial score (nSPS) is 13.3. The number of sulfonamides is 1. The van der Waals surface area contributed by atoms with Gasteiger partial charge in [0.05, 0.1) is 19.1 Å². The minimum Gasteiger partial charge on any atom is -0.481 e. The fraction of sp³-hybridized carbons (Fsp3) is 0.545. The topological polar surface area (TPSA) is 102 Å². The van der Waals surface area contributed by atoms with Crippen LogP contribution >= 0.6 is 11.3 Å². The highest BCUT2D eigenvalue weighted by molar-refractivity contribution is 7.91. The first-order chi connectivity index (χ1) is 9.39. The van der Waals surface area contributed by atoms with Crippen molar-refractivity contribution < 1.29 is 27.8 Å². The highest BCUT2D eigenvalue weighted by atomic mass is 32.2. The van der Waals surface area contributed by atoms with E-state index in [2.05, 4.69) is 4.72 Å². The van der Waals surface area contributed by atoms with E-state index in [4.69, 9.17) is 14.6 Å². The summed E-state index contributed by atoms with van der Waals surface area (Å²) in [6, 6.07) is 2.89. The van der Waals surface area contributed by atoms with Gasteiger partial charge in [0.2, 0.25) is 10.0 Å². The summed E-state index contributed by atoms with van der Waals surface area (Å²) in [6.07, 6.45) is -0.571. The number of carbonyl (C=O) groups is 1. The first kappa shape index (κ1) is 17.1. The summed E-state index contributed by atoms with van der Waals surface area (Å²) in [5.74, 6) is -0.997. The molecule has 0 fully saturated rings. The van der Waals surface area contributed by atoms with Gasteiger partial charge in [0.25, 0.3) is 0 Å². The standard InChI is InChI=1S/C11H17NO6S2/c1-17-7-8(18-2)6-12-20(15,16)11-4-3-9(19-11)5-10(13)14/h3-4,8,12H,5-7H2,1-2H3,(H,13,14). The van der Waals surface area contributed by atoms with Gasteiger partial charge in [-0.05, 0) is 12.1 Å². The van der Waals surface area contributed by atoms with Gasteiger partial charge in [0, 0.05) is 25.6 Å². The van der Waals surface area contributed by atoms with E-state index in [1.165, 1.54) is 26.4 Å². The Morgan fingerprint density at radius 2 is 2.15 bits per heavy atom. The largest absolute Gasteiger partial charge is 0.481 e.